The second-order valence-electron chi connectivity index (χ2n) is 21.2. The number of furan rings is 1. The molecule has 1 aromatic heterocycles. The molecule has 0 unspecified atom stereocenters. The highest BCUT2D eigenvalue weighted by Crippen LogP contribution is 2.52. The molecule has 0 atom stereocenters. The van der Waals surface area contributed by atoms with E-state index < -0.39 is 0 Å². The zero-order chi connectivity index (χ0) is 47.1. The first-order chi connectivity index (χ1) is 32.1. The van der Waals surface area contributed by atoms with E-state index in [-0.39, 0.29) is 16.2 Å². The van der Waals surface area contributed by atoms with Crippen molar-refractivity contribution in [1.29, 1.82) is 0 Å². The number of nitrogens with zero attached hydrogens (tertiary/aromatic N) is 3. The van der Waals surface area contributed by atoms with E-state index in [9.17, 15) is 0 Å². The van der Waals surface area contributed by atoms with Gasteiger partial charge in [-0.3, -0.25) is 0 Å². The quantitative estimate of drug-likeness (QED) is 0.136. The lowest BCUT2D eigenvalue weighted by atomic mass is 9.84. The number of para-hydroxylation sites is 2. The molecule has 0 radical (unpaired) electrons. The average Bonchev–Trinajstić information content (AvgIpc) is 3.74. The van der Waals surface area contributed by atoms with Gasteiger partial charge in [-0.1, -0.05) is 165 Å². The van der Waals surface area contributed by atoms with Gasteiger partial charge >= 0.3 is 0 Å². The maximum absolute atomic E-state index is 8.03. The zero-order valence-electron chi connectivity index (χ0n) is 40.7. The van der Waals surface area contributed by atoms with Gasteiger partial charge in [-0.15, -0.1) is 0 Å². The van der Waals surface area contributed by atoms with Crippen LogP contribution in [0.2, 0.25) is 5.02 Å². The average molecular weight is 903 g/mol. The molecule has 9 rings (SSSR count). The second kappa shape index (κ2) is 18.3. The van der Waals surface area contributed by atoms with E-state index in [4.69, 9.17) is 16.0 Å². The molecule has 0 N–H and O–H groups in total. The molecule has 0 bridgehead atoms. The summed E-state index contributed by atoms with van der Waals surface area (Å²) in [7, 11) is 0. The number of halogens is 1. The SMILES string of the molecule is CC(C)(C)c1ccc(N(c2cccc(N(c3ccccc3)c3cc(C(C)(C)C)cc(N(c4ccccc4)c4coc5c4CCCC5)c3Cl)c2)c2ccc(C(C)(C)C)cc2-c2ccccc2)cc1. The van der Waals surface area contributed by atoms with E-state index >= 15 is 0 Å². The first kappa shape index (κ1) is 45.7. The molecule has 0 spiro atoms. The highest BCUT2D eigenvalue weighted by Gasteiger charge is 2.31. The Balaban J connectivity index is 1.29. The standard InChI is InChI=1S/C62H64ClN3O/c1-60(2,3)44-32-35-49(36-33-44)64(54-37-34-45(61(4,5)6)38-53(54)43-22-13-10-14-23-43)50-28-21-29-51(41-50)65(47-24-15-11-16-25-47)55-39-46(62(7,8)9)40-56(59(55)63)66(48-26-17-12-18-27-48)57-42-67-58-31-20-19-30-52(57)58/h10-18,21-29,32-42H,19-20,30-31H2,1-9H3. The van der Waals surface area contributed by atoms with Crippen LogP contribution in [0.4, 0.5) is 51.2 Å². The van der Waals surface area contributed by atoms with Crippen molar-refractivity contribution in [2.45, 2.75) is 104 Å². The highest BCUT2D eigenvalue weighted by atomic mass is 35.5. The first-order valence-electron chi connectivity index (χ1n) is 23.9. The van der Waals surface area contributed by atoms with E-state index in [1.165, 1.54) is 33.4 Å². The molecule has 67 heavy (non-hydrogen) atoms. The topological polar surface area (TPSA) is 22.9 Å². The van der Waals surface area contributed by atoms with Gasteiger partial charge in [0.25, 0.3) is 0 Å². The van der Waals surface area contributed by atoms with Crippen molar-refractivity contribution in [2.75, 3.05) is 14.7 Å². The Hall–Kier alpha value is -6.49. The molecule has 1 aliphatic carbocycles. The lowest BCUT2D eigenvalue weighted by Crippen LogP contribution is -2.19. The van der Waals surface area contributed by atoms with Gasteiger partial charge in [0.1, 0.15) is 12.0 Å². The third kappa shape index (κ3) is 9.42. The van der Waals surface area contributed by atoms with E-state index in [1.807, 2.05) is 6.26 Å². The lowest BCUT2D eigenvalue weighted by molar-refractivity contribution is 0.478. The van der Waals surface area contributed by atoms with Gasteiger partial charge in [0.15, 0.2) is 0 Å². The van der Waals surface area contributed by atoms with Gasteiger partial charge < -0.3 is 19.1 Å². The molecule has 0 aliphatic heterocycles. The van der Waals surface area contributed by atoms with Crippen molar-refractivity contribution >= 4 is 62.8 Å². The second-order valence-corrected chi connectivity index (χ2v) is 21.5. The fourth-order valence-electron chi connectivity index (χ4n) is 9.36. The van der Waals surface area contributed by atoms with Gasteiger partial charge in [0, 0.05) is 46.0 Å². The summed E-state index contributed by atoms with van der Waals surface area (Å²) in [6.07, 6.45) is 6.13. The first-order valence-corrected chi connectivity index (χ1v) is 24.3. The molecule has 4 nitrogen and oxygen atoms in total. The predicted molar refractivity (Wildman–Crippen MR) is 286 cm³/mol. The molecule has 340 valence electrons. The highest BCUT2D eigenvalue weighted by molar-refractivity contribution is 6.36. The van der Waals surface area contributed by atoms with Crippen LogP contribution in [-0.4, -0.2) is 0 Å². The summed E-state index contributed by atoms with van der Waals surface area (Å²) in [5.41, 5.74) is 16.2. The summed E-state index contributed by atoms with van der Waals surface area (Å²) in [5.74, 6) is 1.08. The van der Waals surface area contributed by atoms with Crippen LogP contribution in [0.15, 0.2) is 181 Å². The van der Waals surface area contributed by atoms with Crippen LogP contribution in [-0.2, 0) is 29.1 Å². The van der Waals surface area contributed by atoms with E-state index in [0.717, 1.165) is 82.6 Å². The molecule has 0 saturated carbocycles. The Morgan fingerprint density at radius 3 is 1.46 bits per heavy atom. The Labute approximate surface area is 404 Å². The molecule has 0 amide bonds. The third-order valence-electron chi connectivity index (χ3n) is 13.2. The largest absolute Gasteiger partial charge is 0.467 e. The lowest BCUT2D eigenvalue weighted by Gasteiger charge is -2.34. The minimum absolute atomic E-state index is 0.00971. The summed E-state index contributed by atoms with van der Waals surface area (Å²) in [5, 5.41) is 0.649. The monoisotopic (exact) mass is 901 g/mol. The molecule has 7 aromatic carbocycles. The smallest absolute Gasteiger partial charge is 0.115 e. The Bertz CT molecular complexity index is 2970. The van der Waals surface area contributed by atoms with Crippen LogP contribution in [0.3, 0.4) is 0 Å². The number of anilines is 9. The molecular formula is C62H64ClN3O. The van der Waals surface area contributed by atoms with Crippen LogP contribution in [0, 0.1) is 0 Å². The van der Waals surface area contributed by atoms with Crippen molar-refractivity contribution in [3.63, 3.8) is 0 Å². The zero-order valence-corrected chi connectivity index (χ0v) is 41.5. The third-order valence-corrected chi connectivity index (χ3v) is 13.6. The molecule has 8 aromatic rings. The van der Waals surface area contributed by atoms with Crippen LogP contribution in [0.25, 0.3) is 11.1 Å². The summed E-state index contributed by atoms with van der Waals surface area (Å²) >= 11 is 8.03. The summed E-state index contributed by atoms with van der Waals surface area (Å²) in [6, 6.07) is 61.7. The predicted octanol–water partition coefficient (Wildman–Crippen LogP) is 18.8. The summed E-state index contributed by atoms with van der Waals surface area (Å²) in [4.78, 5) is 7.08. The number of fused-ring (bicyclic) bond motifs is 1. The molecule has 1 heterocycles. The van der Waals surface area contributed by atoms with Crippen molar-refractivity contribution in [1.82, 2.24) is 0 Å². The van der Waals surface area contributed by atoms with Gasteiger partial charge in [0.05, 0.1) is 27.8 Å². The molecule has 0 fully saturated rings. The molecular weight excluding hydrogens is 838 g/mol. The number of rotatable bonds is 10. The van der Waals surface area contributed by atoms with Crippen LogP contribution < -0.4 is 14.7 Å². The van der Waals surface area contributed by atoms with Crippen LogP contribution >= 0.6 is 11.6 Å². The molecule has 5 heteroatoms. The molecule has 0 saturated heterocycles. The van der Waals surface area contributed by atoms with E-state index in [2.05, 4.69) is 247 Å². The number of hydrogen-bond acceptors (Lipinski definition) is 4. The minimum atomic E-state index is -0.209. The van der Waals surface area contributed by atoms with E-state index in [1.54, 1.807) is 0 Å². The fraction of sp³-hybridized carbons (Fsp3) is 0.258. The van der Waals surface area contributed by atoms with E-state index in [0.29, 0.717) is 5.02 Å². The van der Waals surface area contributed by atoms with Crippen LogP contribution in [0.1, 0.15) is 103 Å². The van der Waals surface area contributed by atoms with Gasteiger partial charge in [-0.2, -0.15) is 0 Å². The summed E-state index contributed by atoms with van der Waals surface area (Å²) < 4.78 is 6.36. The van der Waals surface area contributed by atoms with Crippen molar-refractivity contribution < 1.29 is 4.42 Å². The van der Waals surface area contributed by atoms with Crippen molar-refractivity contribution in [3.05, 3.63) is 209 Å². The Kier molecular flexibility index (Phi) is 12.5. The normalized spacial score (nSPS) is 13.0. The Morgan fingerprint density at radius 1 is 0.403 bits per heavy atom. The number of aryl methyl sites for hydroxylation is 1. The molecule has 1 aliphatic rings. The Morgan fingerprint density at radius 2 is 0.881 bits per heavy atom. The maximum Gasteiger partial charge on any atom is 0.115 e. The van der Waals surface area contributed by atoms with Gasteiger partial charge in [-0.05, 0) is 137 Å². The maximum atomic E-state index is 8.03. The van der Waals surface area contributed by atoms with Crippen molar-refractivity contribution in [2.24, 2.45) is 0 Å². The fourth-order valence-corrected chi connectivity index (χ4v) is 9.64. The number of hydrogen-bond donors (Lipinski definition) is 0. The van der Waals surface area contributed by atoms with Gasteiger partial charge in [0.2, 0.25) is 0 Å². The van der Waals surface area contributed by atoms with Gasteiger partial charge in [-0.25, -0.2) is 0 Å². The summed E-state index contributed by atoms with van der Waals surface area (Å²) in [6.45, 7) is 20.5. The minimum Gasteiger partial charge on any atom is -0.467 e. The number of benzene rings is 7. The van der Waals surface area contributed by atoms with Crippen LogP contribution in [0.5, 0.6) is 0 Å². The van der Waals surface area contributed by atoms with Crippen molar-refractivity contribution in [3.8, 4) is 11.1 Å².